The fourth-order valence-electron chi connectivity index (χ4n) is 2.09. The summed E-state index contributed by atoms with van der Waals surface area (Å²) in [5.74, 6) is -1.35. The molecule has 1 atom stereocenters. The van der Waals surface area contributed by atoms with E-state index in [9.17, 15) is 9.59 Å². The summed E-state index contributed by atoms with van der Waals surface area (Å²) in [5, 5.41) is 11.0. The molecule has 0 aliphatic carbocycles. The molecule has 0 radical (unpaired) electrons. The van der Waals surface area contributed by atoms with E-state index in [1.807, 2.05) is 6.08 Å². The second kappa shape index (κ2) is 13.7. The molecule has 0 aliphatic rings. The van der Waals surface area contributed by atoms with Crippen molar-refractivity contribution in [3.8, 4) is 0 Å². The molecule has 0 spiro atoms. The van der Waals surface area contributed by atoms with Crippen LogP contribution in [0.25, 0.3) is 0 Å². The molecule has 0 unspecified atom stereocenters. The van der Waals surface area contributed by atoms with Gasteiger partial charge in [-0.2, -0.15) is 0 Å². The minimum absolute atomic E-state index is 0.333. The number of carbonyl (C=O) groups excluding carboxylic acids is 1. The number of aliphatic carboxylic acids is 1. The van der Waals surface area contributed by atoms with Crippen LogP contribution in [0.2, 0.25) is 0 Å². The predicted octanol–water partition coefficient (Wildman–Crippen LogP) is 4.05. The van der Waals surface area contributed by atoms with Gasteiger partial charge in [0, 0.05) is 0 Å². The zero-order valence-corrected chi connectivity index (χ0v) is 13.6. The van der Waals surface area contributed by atoms with Gasteiger partial charge in [-0.05, 0) is 25.8 Å². The van der Waals surface area contributed by atoms with E-state index in [0.29, 0.717) is 0 Å². The van der Waals surface area contributed by atoms with Crippen molar-refractivity contribution in [3.05, 3.63) is 12.2 Å². The number of rotatable bonds is 13. The van der Waals surface area contributed by atoms with Crippen molar-refractivity contribution in [2.24, 2.45) is 0 Å². The molecule has 0 aliphatic heterocycles. The van der Waals surface area contributed by atoms with Gasteiger partial charge in [0.05, 0.1) is 0 Å². The lowest BCUT2D eigenvalue weighted by Gasteiger charge is -2.05. The fraction of sp³-hybridized carbons (Fsp3) is 0.765. The number of unbranched alkanes of at least 4 members (excludes halogenated alkanes) is 9. The highest BCUT2D eigenvalue weighted by molar-refractivity contribution is 5.90. The number of nitrogens with one attached hydrogen (secondary N) is 1. The van der Waals surface area contributed by atoms with Crippen molar-refractivity contribution in [1.82, 2.24) is 5.32 Å². The molecule has 0 saturated heterocycles. The van der Waals surface area contributed by atoms with Crippen LogP contribution in [0.15, 0.2) is 12.2 Å². The van der Waals surface area contributed by atoms with Gasteiger partial charge in [-0.1, -0.05) is 64.4 Å². The van der Waals surface area contributed by atoms with E-state index in [4.69, 9.17) is 5.11 Å². The summed E-state index contributed by atoms with van der Waals surface area (Å²) in [6.45, 7) is 3.69. The van der Waals surface area contributed by atoms with Crippen molar-refractivity contribution < 1.29 is 14.7 Å². The number of amides is 1. The number of hydrogen-bond acceptors (Lipinski definition) is 2. The average Bonchev–Trinajstić information content (AvgIpc) is 2.44. The quantitative estimate of drug-likeness (QED) is 0.398. The lowest BCUT2D eigenvalue weighted by atomic mass is 10.1. The second-order valence-corrected chi connectivity index (χ2v) is 5.59. The van der Waals surface area contributed by atoms with E-state index in [-0.39, 0.29) is 5.91 Å². The van der Waals surface area contributed by atoms with Crippen molar-refractivity contribution in [2.75, 3.05) is 0 Å². The number of allylic oxidation sites excluding steroid dienone is 1. The van der Waals surface area contributed by atoms with Crippen LogP contribution < -0.4 is 5.32 Å². The minimum Gasteiger partial charge on any atom is -0.480 e. The maximum Gasteiger partial charge on any atom is 0.325 e. The summed E-state index contributed by atoms with van der Waals surface area (Å²) < 4.78 is 0. The SMILES string of the molecule is CCCCCCCCCCCC=CC(=O)N[C@@H](C)C(=O)O. The summed E-state index contributed by atoms with van der Waals surface area (Å²) in [4.78, 5) is 21.9. The molecule has 0 heterocycles. The van der Waals surface area contributed by atoms with Crippen LogP contribution in [0.1, 0.15) is 78.1 Å². The van der Waals surface area contributed by atoms with E-state index >= 15 is 0 Å². The Morgan fingerprint density at radius 1 is 1.00 bits per heavy atom. The Morgan fingerprint density at radius 3 is 2.05 bits per heavy atom. The average molecular weight is 297 g/mol. The topological polar surface area (TPSA) is 66.4 Å². The normalized spacial score (nSPS) is 12.5. The first kappa shape index (κ1) is 19.7. The Morgan fingerprint density at radius 2 is 1.52 bits per heavy atom. The Labute approximate surface area is 129 Å². The summed E-state index contributed by atoms with van der Waals surface area (Å²) in [6.07, 6.45) is 15.7. The van der Waals surface area contributed by atoms with Crippen LogP contribution in [0.3, 0.4) is 0 Å². The first-order valence-electron chi connectivity index (χ1n) is 8.27. The van der Waals surface area contributed by atoms with Gasteiger partial charge >= 0.3 is 5.97 Å². The Hall–Kier alpha value is -1.32. The van der Waals surface area contributed by atoms with Gasteiger partial charge in [0.15, 0.2) is 0 Å². The molecule has 0 bridgehead atoms. The van der Waals surface area contributed by atoms with Crippen LogP contribution in [0, 0.1) is 0 Å². The van der Waals surface area contributed by atoms with Crippen LogP contribution >= 0.6 is 0 Å². The van der Waals surface area contributed by atoms with Crippen molar-refractivity contribution >= 4 is 11.9 Å². The van der Waals surface area contributed by atoms with E-state index in [2.05, 4.69) is 12.2 Å². The van der Waals surface area contributed by atoms with Gasteiger partial charge in [0.25, 0.3) is 0 Å². The molecule has 0 aromatic rings. The smallest absolute Gasteiger partial charge is 0.325 e. The maximum absolute atomic E-state index is 11.4. The molecule has 4 heteroatoms. The Balaban J connectivity index is 3.39. The molecule has 21 heavy (non-hydrogen) atoms. The van der Waals surface area contributed by atoms with Gasteiger partial charge in [-0.15, -0.1) is 0 Å². The summed E-state index contributed by atoms with van der Waals surface area (Å²) in [7, 11) is 0. The van der Waals surface area contributed by atoms with Gasteiger partial charge in [-0.3, -0.25) is 9.59 Å². The third-order valence-electron chi connectivity index (χ3n) is 3.47. The molecular weight excluding hydrogens is 266 g/mol. The second-order valence-electron chi connectivity index (χ2n) is 5.59. The van der Waals surface area contributed by atoms with Crippen LogP contribution in [-0.2, 0) is 9.59 Å². The molecule has 122 valence electrons. The Kier molecular flexibility index (Phi) is 12.8. The highest BCUT2D eigenvalue weighted by Gasteiger charge is 2.11. The molecule has 4 nitrogen and oxygen atoms in total. The van der Waals surface area contributed by atoms with Crippen molar-refractivity contribution in [3.63, 3.8) is 0 Å². The summed E-state index contributed by atoms with van der Waals surface area (Å²) in [5.41, 5.74) is 0. The van der Waals surface area contributed by atoms with E-state index < -0.39 is 12.0 Å². The zero-order valence-electron chi connectivity index (χ0n) is 13.6. The molecule has 0 rings (SSSR count). The van der Waals surface area contributed by atoms with E-state index in [1.165, 1.54) is 64.4 Å². The number of carbonyl (C=O) groups is 2. The first-order chi connectivity index (χ1) is 10.1. The molecule has 1 amide bonds. The van der Waals surface area contributed by atoms with E-state index in [0.717, 1.165) is 12.8 Å². The van der Waals surface area contributed by atoms with Gasteiger partial charge in [-0.25, -0.2) is 0 Å². The third-order valence-corrected chi connectivity index (χ3v) is 3.47. The van der Waals surface area contributed by atoms with Crippen molar-refractivity contribution in [1.29, 1.82) is 0 Å². The highest BCUT2D eigenvalue weighted by atomic mass is 16.4. The van der Waals surface area contributed by atoms with Gasteiger partial charge < -0.3 is 10.4 Å². The lowest BCUT2D eigenvalue weighted by Crippen LogP contribution is -2.37. The molecule has 0 fully saturated rings. The summed E-state index contributed by atoms with van der Waals surface area (Å²) in [6, 6.07) is -0.838. The molecule has 0 aromatic carbocycles. The monoisotopic (exact) mass is 297 g/mol. The molecular formula is C17H31NO3. The summed E-state index contributed by atoms with van der Waals surface area (Å²) >= 11 is 0. The number of carboxylic acids is 1. The van der Waals surface area contributed by atoms with Crippen LogP contribution in [-0.4, -0.2) is 23.0 Å². The number of hydrogen-bond donors (Lipinski definition) is 2. The highest BCUT2D eigenvalue weighted by Crippen LogP contribution is 2.10. The molecule has 2 N–H and O–H groups in total. The minimum atomic E-state index is -1.02. The van der Waals surface area contributed by atoms with E-state index in [1.54, 1.807) is 0 Å². The number of carboxylic acid groups (broad SMARTS) is 1. The van der Waals surface area contributed by atoms with Crippen LogP contribution in [0.4, 0.5) is 0 Å². The molecule has 0 aromatic heterocycles. The standard InChI is InChI=1S/C17H31NO3/c1-3-4-5-6-7-8-9-10-11-12-13-14-16(19)18-15(2)17(20)21/h13-15H,3-12H2,1-2H3,(H,18,19)(H,20,21)/t15-/m0/s1. The van der Waals surface area contributed by atoms with Crippen molar-refractivity contribution in [2.45, 2.75) is 84.1 Å². The largest absolute Gasteiger partial charge is 0.480 e. The maximum atomic E-state index is 11.4. The predicted molar refractivity (Wildman–Crippen MR) is 86.2 cm³/mol. The Bertz CT molecular complexity index is 313. The molecule has 0 saturated carbocycles. The third kappa shape index (κ3) is 13.4. The van der Waals surface area contributed by atoms with Gasteiger partial charge in [0.1, 0.15) is 6.04 Å². The van der Waals surface area contributed by atoms with Gasteiger partial charge in [0.2, 0.25) is 5.91 Å². The first-order valence-corrected chi connectivity index (χ1v) is 8.27. The fourth-order valence-corrected chi connectivity index (χ4v) is 2.09. The lowest BCUT2D eigenvalue weighted by molar-refractivity contribution is -0.140. The van der Waals surface area contributed by atoms with Crippen LogP contribution in [0.5, 0.6) is 0 Å². The zero-order chi connectivity index (χ0) is 15.9.